The van der Waals surface area contributed by atoms with Gasteiger partial charge in [0.25, 0.3) is 0 Å². The van der Waals surface area contributed by atoms with E-state index < -0.39 is 0 Å². The molecule has 6 heteroatoms. The number of hydrogen-bond donors (Lipinski definition) is 2. The van der Waals surface area contributed by atoms with Crippen LogP contribution in [0.2, 0.25) is 0 Å². The second-order valence-corrected chi connectivity index (χ2v) is 5.93. The highest BCUT2D eigenvalue weighted by atomic mass is 16.5. The summed E-state index contributed by atoms with van der Waals surface area (Å²) in [6.07, 6.45) is 0.321. The Morgan fingerprint density at radius 3 is 2.26 bits per heavy atom. The number of rotatable bonds is 8. The lowest BCUT2D eigenvalue weighted by molar-refractivity contribution is -0.129. The predicted molar refractivity (Wildman–Crippen MR) is 90.1 cm³/mol. The molecule has 1 aromatic rings. The van der Waals surface area contributed by atoms with Gasteiger partial charge in [-0.1, -0.05) is 18.2 Å². The van der Waals surface area contributed by atoms with E-state index in [1.165, 1.54) is 0 Å². The molecule has 0 saturated carbocycles. The van der Waals surface area contributed by atoms with Crippen LogP contribution in [0.25, 0.3) is 0 Å². The molecule has 0 aliphatic carbocycles. The summed E-state index contributed by atoms with van der Waals surface area (Å²) in [4.78, 5) is 23.3. The van der Waals surface area contributed by atoms with E-state index in [9.17, 15) is 9.59 Å². The molecule has 6 nitrogen and oxygen atoms in total. The quantitative estimate of drug-likeness (QED) is 0.713. The van der Waals surface area contributed by atoms with Gasteiger partial charge >= 0.3 is 0 Å². The maximum atomic E-state index is 11.8. The zero-order valence-electron chi connectivity index (χ0n) is 14.6. The number of aryl methyl sites for hydroxylation is 2. The summed E-state index contributed by atoms with van der Waals surface area (Å²) in [6.45, 7) is 6.26. The molecular weight excluding hydrogens is 294 g/mol. The fourth-order valence-corrected chi connectivity index (χ4v) is 2.16. The van der Waals surface area contributed by atoms with Crippen LogP contribution in [0.15, 0.2) is 18.2 Å². The average molecular weight is 321 g/mol. The topological polar surface area (TPSA) is 70.7 Å². The molecule has 0 fully saturated rings. The molecule has 2 amide bonds. The SMILES string of the molecule is Cc1cccc(C)c1OCC(C)NC(=O)CCC(=O)NN(C)C. The van der Waals surface area contributed by atoms with E-state index >= 15 is 0 Å². The first-order valence-corrected chi connectivity index (χ1v) is 7.74. The molecule has 0 aliphatic heterocycles. The number of nitrogens with zero attached hydrogens (tertiary/aromatic N) is 1. The molecule has 0 heterocycles. The van der Waals surface area contributed by atoms with E-state index in [1.54, 1.807) is 19.1 Å². The molecule has 0 radical (unpaired) electrons. The minimum absolute atomic E-state index is 0.126. The van der Waals surface area contributed by atoms with Crippen LogP contribution >= 0.6 is 0 Å². The molecule has 0 spiro atoms. The maximum absolute atomic E-state index is 11.8. The highest BCUT2D eigenvalue weighted by molar-refractivity contribution is 5.83. The van der Waals surface area contributed by atoms with Gasteiger partial charge in [-0.15, -0.1) is 0 Å². The molecule has 23 heavy (non-hydrogen) atoms. The van der Waals surface area contributed by atoms with Crippen LogP contribution < -0.4 is 15.5 Å². The largest absolute Gasteiger partial charge is 0.491 e. The number of ether oxygens (including phenoxy) is 1. The van der Waals surface area contributed by atoms with Gasteiger partial charge in [0.1, 0.15) is 12.4 Å². The van der Waals surface area contributed by atoms with Crippen molar-refractivity contribution >= 4 is 11.8 Å². The van der Waals surface area contributed by atoms with E-state index in [0.29, 0.717) is 6.61 Å². The van der Waals surface area contributed by atoms with Crippen molar-refractivity contribution in [3.05, 3.63) is 29.3 Å². The summed E-state index contributed by atoms with van der Waals surface area (Å²) in [5.41, 5.74) is 4.75. The van der Waals surface area contributed by atoms with Gasteiger partial charge in [-0.05, 0) is 31.9 Å². The van der Waals surface area contributed by atoms with Gasteiger partial charge in [-0.3, -0.25) is 15.0 Å². The smallest absolute Gasteiger partial charge is 0.234 e. The second kappa shape index (κ2) is 9.15. The van der Waals surface area contributed by atoms with Crippen LogP contribution in [0.1, 0.15) is 30.9 Å². The summed E-state index contributed by atoms with van der Waals surface area (Å²) in [6, 6.07) is 5.85. The molecule has 1 aromatic carbocycles. The normalized spacial score (nSPS) is 11.9. The standard InChI is InChI=1S/C17H27N3O3/c1-12-7-6-8-13(2)17(12)23-11-14(3)18-15(21)9-10-16(22)19-20(4)5/h6-8,14H,9-11H2,1-5H3,(H,18,21)(H,19,22). The van der Waals surface area contributed by atoms with Crippen molar-refractivity contribution in [1.29, 1.82) is 0 Å². The molecule has 128 valence electrons. The summed E-state index contributed by atoms with van der Waals surface area (Å²) in [5.74, 6) is 0.528. The molecule has 1 atom stereocenters. The third-order valence-corrected chi connectivity index (χ3v) is 3.22. The third-order valence-electron chi connectivity index (χ3n) is 3.22. The second-order valence-electron chi connectivity index (χ2n) is 5.93. The van der Waals surface area contributed by atoms with E-state index in [0.717, 1.165) is 16.9 Å². The Balaban J connectivity index is 2.34. The lowest BCUT2D eigenvalue weighted by atomic mass is 10.1. The Morgan fingerprint density at radius 2 is 1.70 bits per heavy atom. The molecule has 1 rings (SSSR count). The number of carbonyl (C=O) groups excluding carboxylic acids is 2. The summed E-state index contributed by atoms with van der Waals surface area (Å²) >= 11 is 0. The minimum Gasteiger partial charge on any atom is -0.491 e. The van der Waals surface area contributed by atoms with Gasteiger partial charge in [-0.25, -0.2) is 5.01 Å². The van der Waals surface area contributed by atoms with Gasteiger partial charge in [0.2, 0.25) is 11.8 Å². The van der Waals surface area contributed by atoms with Crippen LogP contribution in [-0.4, -0.2) is 43.6 Å². The van der Waals surface area contributed by atoms with Crippen molar-refractivity contribution in [2.45, 2.75) is 39.7 Å². The molecule has 0 aromatic heterocycles. The molecular formula is C17H27N3O3. The Kier molecular flexibility index (Phi) is 7.54. The zero-order chi connectivity index (χ0) is 17.4. The average Bonchev–Trinajstić information content (AvgIpc) is 2.44. The van der Waals surface area contributed by atoms with Crippen LogP contribution in [0.3, 0.4) is 0 Å². The number of hydrogen-bond acceptors (Lipinski definition) is 4. The van der Waals surface area contributed by atoms with Crippen LogP contribution in [0, 0.1) is 13.8 Å². The molecule has 1 unspecified atom stereocenters. The Hall–Kier alpha value is -2.08. The van der Waals surface area contributed by atoms with Crippen molar-refractivity contribution in [3.63, 3.8) is 0 Å². The monoisotopic (exact) mass is 321 g/mol. The first-order chi connectivity index (χ1) is 10.8. The van der Waals surface area contributed by atoms with Gasteiger partial charge in [0.05, 0.1) is 6.04 Å². The molecule has 0 bridgehead atoms. The van der Waals surface area contributed by atoms with E-state index in [1.807, 2.05) is 39.0 Å². The van der Waals surface area contributed by atoms with Crippen molar-refractivity contribution < 1.29 is 14.3 Å². The summed E-state index contributed by atoms with van der Waals surface area (Å²) in [7, 11) is 3.45. The van der Waals surface area contributed by atoms with Gasteiger partial charge in [0, 0.05) is 26.9 Å². The third kappa shape index (κ3) is 7.15. The van der Waals surface area contributed by atoms with Crippen LogP contribution in [0.4, 0.5) is 0 Å². The molecule has 0 aliphatic rings. The van der Waals surface area contributed by atoms with Crippen molar-refractivity contribution in [3.8, 4) is 5.75 Å². The van der Waals surface area contributed by atoms with E-state index in [2.05, 4.69) is 10.7 Å². The van der Waals surface area contributed by atoms with Crippen molar-refractivity contribution in [2.75, 3.05) is 20.7 Å². The predicted octanol–water partition coefficient (Wildman–Crippen LogP) is 1.56. The number of hydrazine groups is 1. The number of benzene rings is 1. The summed E-state index contributed by atoms with van der Waals surface area (Å²) in [5, 5.41) is 4.40. The van der Waals surface area contributed by atoms with Crippen molar-refractivity contribution in [2.24, 2.45) is 0 Å². The Bertz CT molecular complexity index is 524. The van der Waals surface area contributed by atoms with Gasteiger partial charge < -0.3 is 10.1 Å². The minimum atomic E-state index is -0.176. The number of para-hydroxylation sites is 1. The fraction of sp³-hybridized carbons (Fsp3) is 0.529. The van der Waals surface area contributed by atoms with Gasteiger partial charge in [-0.2, -0.15) is 0 Å². The highest BCUT2D eigenvalue weighted by Gasteiger charge is 2.12. The summed E-state index contributed by atoms with van der Waals surface area (Å²) < 4.78 is 5.81. The number of carbonyl (C=O) groups is 2. The molecule has 2 N–H and O–H groups in total. The number of nitrogens with one attached hydrogen (secondary N) is 2. The Labute approximate surface area is 138 Å². The first kappa shape index (κ1) is 19.0. The highest BCUT2D eigenvalue weighted by Crippen LogP contribution is 2.22. The first-order valence-electron chi connectivity index (χ1n) is 7.74. The van der Waals surface area contributed by atoms with Crippen LogP contribution in [-0.2, 0) is 9.59 Å². The lowest BCUT2D eigenvalue weighted by Crippen LogP contribution is -2.39. The van der Waals surface area contributed by atoms with Crippen LogP contribution in [0.5, 0.6) is 5.75 Å². The lowest BCUT2D eigenvalue weighted by Gasteiger charge is -2.17. The maximum Gasteiger partial charge on any atom is 0.234 e. The van der Waals surface area contributed by atoms with Crippen molar-refractivity contribution in [1.82, 2.24) is 15.8 Å². The van der Waals surface area contributed by atoms with E-state index in [4.69, 9.17) is 4.74 Å². The fourth-order valence-electron chi connectivity index (χ4n) is 2.16. The van der Waals surface area contributed by atoms with Gasteiger partial charge in [0.15, 0.2) is 0 Å². The van der Waals surface area contributed by atoms with E-state index in [-0.39, 0.29) is 30.7 Å². The zero-order valence-corrected chi connectivity index (χ0v) is 14.6. The number of amides is 2. The Morgan fingerprint density at radius 1 is 1.13 bits per heavy atom. The molecule has 0 saturated heterocycles.